The summed E-state index contributed by atoms with van der Waals surface area (Å²) >= 11 is 11.9. The molecule has 1 N–H and O–H groups in total. The third-order valence-electron chi connectivity index (χ3n) is 2.95. The molecule has 2 rings (SSSR count). The summed E-state index contributed by atoms with van der Waals surface area (Å²) in [6.45, 7) is 5.40. The van der Waals surface area contributed by atoms with E-state index in [2.05, 4.69) is 22.9 Å². The molecule has 104 valence electrons. The highest BCUT2D eigenvalue weighted by Crippen LogP contribution is 2.23. The van der Waals surface area contributed by atoms with Gasteiger partial charge in [-0.15, -0.1) is 0 Å². The Hall–Kier alpha value is -1.24. The van der Waals surface area contributed by atoms with Crippen LogP contribution in [0.1, 0.15) is 24.8 Å². The highest BCUT2D eigenvalue weighted by Gasteiger charge is 2.15. The van der Waals surface area contributed by atoms with Crippen molar-refractivity contribution in [2.24, 2.45) is 0 Å². The molecule has 0 spiro atoms. The van der Waals surface area contributed by atoms with Crippen molar-refractivity contribution in [3.8, 4) is 0 Å². The summed E-state index contributed by atoms with van der Waals surface area (Å²) in [7, 11) is 0. The van der Waals surface area contributed by atoms with Crippen molar-refractivity contribution in [1.29, 1.82) is 0 Å². The van der Waals surface area contributed by atoms with Crippen LogP contribution in [0.15, 0.2) is 35.5 Å². The fourth-order valence-corrected chi connectivity index (χ4v) is 3.11. The van der Waals surface area contributed by atoms with Crippen LogP contribution in [0.2, 0.25) is 0 Å². The summed E-state index contributed by atoms with van der Waals surface area (Å²) in [5, 5.41) is 7.83. The van der Waals surface area contributed by atoms with E-state index in [1.807, 2.05) is 6.08 Å². The van der Waals surface area contributed by atoms with Crippen molar-refractivity contribution in [2.75, 3.05) is 0 Å². The minimum absolute atomic E-state index is 0.0705. The Morgan fingerprint density at radius 3 is 2.85 bits per heavy atom. The first-order chi connectivity index (χ1) is 9.45. The smallest absolute Gasteiger partial charge is 0.176 e. The van der Waals surface area contributed by atoms with E-state index in [1.54, 1.807) is 6.92 Å². The van der Waals surface area contributed by atoms with Gasteiger partial charge in [-0.2, -0.15) is 5.10 Å². The molecule has 0 saturated heterocycles. The fraction of sp³-hybridized carbons (Fsp3) is 0.286. The first-order valence-corrected chi connectivity index (χ1v) is 7.75. The van der Waals surface area contributed by atoms with Crippen molar-refractivity contribution in [3.05, 3.63) is 44.4 Å². The third kappa shape index (κ3) is 3.88. The lowest BCUT2D eigenvalue weighted by Gasteiger charge is -2.14. The molecule has 0 radical (unpaired) electrons. The maximum atomic E-state index is 11.7. The van der Waals surface area contributed by atoms with E-state index in [4.69, 9.17) is 24.4 Å². The van der Waals surface area contributed by atoms with Crippen molar-refractivity contribution in [2.45, 2.75) is 26.2 Å². The van der Waals surface area contributed by atoms with Crippen LogP contribution in [0, 0.1) is 3.95 Å². The van der Waals surface area contributed by atoms with Crippen LogP contribution in [-0.4, -0.2) is 20.8 Å². The molecule has 1 heterocycles. The molecule has 0 unspecified atom stereocenters. The van der Waals surface area contributed by atoms with Crippen molar-refractivity contribution in [3.63, 3.8) is 0 Å². The van der Waals surface area contributed by atoms with Crippen LogP contribution in [0.25, 0.3) is 0 Å². The number of carbonyl (C=O) groups excluding carboxylic acids is 1. The average Bonchev–Trinajstić information content (AvgIpc) is 2.78. The molecule has 3 nitrogen and oxygen atoms in total. The Kier molecular flexibility index (Phi) is 4.91. The van der Waals surface area contributed by atoms with Crippen LogP contribution in [0.5, 0.6) is 0 Å². The Labute approximate surface area is 132 Å². The molecular weight excluding hydrogens is 308 g/mol. The summed E-state index contributed by atoms with van der Waals surface area (Å²) in [5.41, 5.74) is 2.70. The van der Waals surface area contributed by atoms with Gasteiger partial charge >= 0.3 is 0 Å². The molecular formula is C14H14N2OS3. The number of Topliss-reactive ketones (excluding diaryl/α,β-unsaturated/α-hetero) is 1. The first-order valence-electron chi connectivity index (χ1n) is 6.11. The number of hydrogen-bond acceptors (Lipinski definition) is 5. The van der Waals surface area contributed by atoms with E-state index in [-0.39, 0.29) is 5.78 Å². The highest BCUT2D eigenvalue weighted by molar-refractivity contribution is 7.81. The molecule has 1 aromatic rings. The maximum absolute atomic E-state index is 11.7. The van der Waals surface area contributed by atoms with E-state index in [0.29, 0.717) is 22.4 Å². The lowest BCUT2D eigenvalue weighted by atomic mass is 9.93. The van der Waals surface area contributed by atoms with Crippen LogP contribution in [0.3, 0.4) is 0 Å². The Morgan fingerprint density at radius 1 is 1.55 bits per heavy atom. The van der Waals surface area contributed by atoms with Gasteiger partial charge in [0.2, 0.25) is 0 Å². The maximum Gasteiger partial charge on any atom is 0.176 e. The largest absolute Gasteiger partial charge is 0.294 e. The number of hydrogen-bond donors (Lipinski definition) is 1. The second-order valence-corrected chi connectivity index (χ2v) is 6.85. The molecule has 0 bridgehead atoms. The van der Waals surface area contributed by atoms with Crippen LogP contribution in [-0.2, 0) is 11.2 Å². The molecule has 1 aliphatic rings. The van der Waals surface area contributed by atoms with Crippen molar-refractivity contribution in [1.82, 2.24) is 10.2 Å². The number of aromatic amines is 1. The van der Waals surface area contributed by atoms with Crippen molar-refractivity contribution < 1.29 is 4.79 Å². The quantitative estimate of drug-likeness (QED) is 0.659. The van der Waals surface area contributed by atoms with Gasteiger partial charge in [-0.3, -0.25) is 9.89 Å². The van der Waals surface area contributed by atoms with Gasteiger partial charge < -0.3 is 0 Å². The molecule has 1 aliphatic carbocycles. The van der Waals surface area contributed by atoms with Gasteiger partial charge in [0, 0.05) is 17.7 Å². The molecule has 1 aromatic heterocycles. The highest BCUT2D eigenvalue weighted by atomic mass is 32.1. The second kappa shape index (κ2) is 6.47. The van der Waals surface area contributed by atoms with Gasteiger partial charge in [0.05, 0.1) is 0 Å². The molecule has 20 heavy (non-hydrogen) atoms. The minimum Gasteiger partial charge on any atom is -0.294 e. The SMILES string of the molecule is C=C(C)C(=O)CC1=CC(=S)C(Cc2n[nH]c(=S)s2)=CC1. The summed E-state index contributed by atoms with van der Waals surface area (Å²) in [4.78, 5) is 12.4. The molecule has 0 aromatic carbocycles. The predicted octanol–water partition coefficient (Wildman–Crippen LogP) is 3.90. The number of rotatable bonds is 5. The Bertz CT molecular complexity index is 691. The molecule has 0 fully saturated rings. The zero-order valence-corrected chi connectivity index (χ0v) is 13.5. The number of allylic oxidation sites excluding steroid dienone is 5. The average molecular weight is 322 g/mol. The van der Waals surface area contributed by atoms with Gasteiger partial charge in [0.25, 0.3) is 0 Å². The number of aromatic nitrogens is 2. The van der Waals surface area contributed by atoms with E-state index < -0.39 is 0 Å². The Morgan fingerprint density at radius 2 is 2.30 bits per heavy atom. The molecule has 0 saturated carbocycles. The van der Waals surface area contributed by atoms with Gasteiger partial charge in [-0.05, 0) is 42.8 Å². The number of nitrogens with one attached hydrogen (secondary N) is 1. The van der Waals surface area contributed by atoms with Gasteiger partial charge in [0.15, 0.2) is 9.74 Å². The molecule has 6 heteroatoms. The molecule has 0 amide bonds. The van der Waals surface area contributed by atoms with Gasteiger partial charge in [-0.25, -0.2) is 0 Å². The Balaban J connectivity index is 2.02. The topological polar surface area (TPSA) is 45.8 Å². The summed E-state index contributed by atoms with van der Waals surface area (Å²) in [5.74, 6) is 0.0705. The van der Waals surface area contributed by atoms with Crippen LogP contribution >= 0.6 is 35.8 Å². The van der Waals surface area contributed by atoms with Gasteiger partial charge in [-0.1, -0.05) is 41.8 Å². The summed E-state index contributed by atoms with van der Waals surface area (Å²) in [6.07, 6.45) is 5.85. The van der Waals surface area contributed by atoms with E-state index in [0.717, 1.165) is 27.4 Å². The normalized spacial score (nSPS) is 14.8. The van der Waals surface area contributed by atoms with Gasteiger partial charge in [0.1, 0.15) is 5.01 Å². The van der Waals surface area contributed by atoms with Crippen LogP contribution < -0.4 is 0 Å². The number of thiocarbonyl (C=S) groups is 1. The zero-order valence-electron chi connectivity index (χ0n) is 11.1. The van der Waals surface area contributed by atoms with Crippen LogP contribution in [0.4, 0.5) is 0 Å². The van der Waals surface area contributed by atoms with E-state index in [9.17, 15) is 4.79 Å². The lowest BCUT2D eigenvalue weighted by Crippen LogP contribution is -2.09. The molecule has 0 atom stereocenters. The minimum atomic E-state index is 0.0705. The summed E-state index contributed by atoms with van der Waals surface area (Å²) in [6, 6.07) is 0. The number of carbonyl (C=O) groups is 1. The number of H-pyrrole nitrogens is 1. The zero-order chi connectivity index (χ0) is 14.7. The molecule has 0 aliphatic heterocycles. The third-order valence-corrected chi connectivity index (χ3v) is 4.42. The predicted molar refractivity (Wildman–Crippen MR) is 88.8 cm³/mol. The first kappa shape index (κ1) is 15.2. The van der Waals surface area contributed by atoms with E-state index in [1.165, 1.54) is 11.3 Å². The number of nitrogens with zero attached hydrogens (tertiary/aromatic N) is 1. The fourth-order valence-electron chi connectivity index (χ4n) is 1.83. The van der Waals surface area contributed by atoms with Crippen molar-refractivity contribution >= 4 is 46.4 Å². The van der Waals surface area contributed by atoms with E-state index >= 15 is 0 Å². The standard InChI is InChI=1S/C14H14N2OS3/c1-8(2)11(17)5-9-3-4-10(12(18)6-9)7-13-15-16-14(19)20-13/h4,6H,1,3,5,7H2,2H3,(H,16,19). The lowest BCUT2D eigenvalue weighted by molar-refractivity contribution is -0.114. The monoisotopic (exact) mass is 322 g/mol. The summed E-state index contributed by atoms with van der Waals surface area (Å²) < 4.78 is 0.672. The second-order valence-electron chi connectivity index (χ2n) is 4.66. The number of ketones is 1.